The number of rotatable bonds is 6. The highest BCUT2D eigenvalue weighted by atomic mass is 32.2. The second kappa shape index (κ2) is 7.53. The number of fused-ring (bicyclic) bond motifs is 1. The third-order valence-electron chi connectivity index (χ3n) is 4.31. The molecule has 1 aromatic carbocycles. The van der Waals surface area contributed by atoms with E-state index < -0.39 is 0 Å². The molecule has 1 heterocycles. The molecular formula is C18H23NOS2. The molecular weight excluding hydrogens is 310 g/mol. The van der Waals surface area contributed by atoms with Crippen molar-refractivity contribution in [2.45, 2.75) is 49.3 Å². The number of aryl methyl sites for hydroxylation is 1. The van der Waals surface area contributed by atoms with Crippen molar-refractivity contribution in [1.29, 1.82) is 0 Å². The monoisotopic (exact) mass is 333 g/mol. The van der Waals surface area contributed by atoms with Gasteiger partial charge in [0.2, 0.25) is 0 Å². The molecule has 2 unspecified atom stereocenters. The molecule has 0 aliphatic heterocycles. The van der Waals surface area contributed by atoms with Crippen LogP contribution in [0.3, 0.4) is 0 Å². The van der Waals surface area contributed by atoms with E-state index in [1.54, 1.807) is 11.3 Å². The minimum atomic E-state index is 0.496. The molecule has 0 amide bonds. The Labute approximate surface area is 141 Å². The zero-order chi connectivity index (χ0) is 15.4. The van der Waals surface area contributed by atoms with Crippen molar-refractivity contribution in [3.05, 3.63) is 46.8 Å². The first-order valence-electron chi connectivity index (χ1n) is 8.02. The fourth-order valence-corrected chi connectivity index (χ4v) is 4.49. The molecule has 2 nitrogen and oxygen atoms in total. The molecule has 22 heavy (non-hydrogen) atoms. The lowest BCUT2D eigenvalue weighted by Gasteiger charge is -2.33. The Morgan fingerprint density at radius 2 is 2.23 bits per heavy atom. The van der Waals surface area contributed by atoms with E-state index in [2.05, 4.69) is 54.9 Å². The van der Waals surface area contributed by atoms with Crippen LogP contribution in [0.2, 0.25) is 0 Å². The van der Waals surface area contributed by atoms with E-state index >= 15 is 0 Å². The van der Waals surface area contributed by atoms with Crippen molar-refractivity contribution in [2.75, 3.05) is 6.54 Å². The van der Waals surface area contributed by atoms with E-state index in [9.17, 15) is 0 Å². The Hall–Kier alpha value is -0.970. The predicted molar refractivity (Wildman–Crippen MR) is 96.1 cm³/mol. The highest BCUT2D eigenvalue weighted by Gasteiger charge is 2.28. The zero-order valence-corrected chi connectivity index (χ0v) is 14.8. The summed E-state index contributed by atoms with van der Waals surface area (Å²) in [4.78, 5) is 0. The van der Waals surface area contributed by atoms with Crippen LogP contribution in [0.1, 0.15) is 43.7 Å². The maximum atomic E-state index is 6.07. The van der Waals surface area contributed by atoms with Crippen molar-refractivity contribution < 1.29 is 4.18 Å². The maximum Gasteiger partial charge on any atom is 0.141 e. The molecule has 4 heteroatoms. The number of hydrogen-bond acceptors (Lipinski definition) is 4. The summed E-state index contributed by atoms with van der Waals surface area (Å²) in [5.74, 6) is 1.53. The third kappa shape index (κ3) is 3.50. The van der Waals surface area contributed by atoms with Gasteiger partial charge in [-0.15, -0.1) is 11.3 Å². The van der Waals surface area contributed by atoms with Crippen LogP contribution in [0.5, 0.6) is 5.75 Å². The first-order chi connectivity index (χ1) is 10.8. The van der Waals surface area contributed by atoms with Crippen molar-refractivity contribution in [1.82, 2.24) is 5.32 Å². The molecule has 118 valence electrons. The van der Waals surface area contributed by atoms with Gasteiger partial charge in [0.15, 0.2) is 0 Å². The van der Waals surface area contributed by atoms with Gasteiger partial charge in [-0.1, -0.05) is 32.0 Å². The van der Waals surface area contributed by atoms with Crippen LogP contribution in [-0.4, -0.2) is 12.6 Å². The molecule has 0 fully saturated rings. The third-order valence-corrected chi connectivity index (χ3v) is 6.02. The van der Waals surface area contributed by atoms with Gasteiger partial charge in [0, 0.05) is 17.5 Å². The van der Waals surface area contributed by atoms with Crippen LogP contribution < -0.4 is 9.50 Å². The average molecular weight is 334 g/mol. The lowest BCUT2D eigenvalue weighted by molar-refractivity contribution is 0.398. The van der Waals surface area contributed by atoms with Gasteiger partial charge in [-0.2, -0.15) is 0 Å². The highest BCUT2D eigenvalue weighted by molar-refractivity contribution is 7.97. The van der Waals surface area contributed by atoms with E-state index in [-0.39, 0.29) is 0 Å². The largest absolute Gasteiger partial charge is 0.420 e. The Morgan fingerprint density at radius 3 is 3.00 bits per heavy atom. The van der Waals surface area contributed by atoms with Crippen LogP contribution >= 0.6 is 23.4 Å². The summed E-state index contributed by atoms with van der Waals surface area (Å²) >= 11 is 3.19. The van der Waals surface area contributed by atoms with Crippen molar-refractivity contribution >= 4 is 23.4 Å². The summed E-state index contributed by atoms with van der Waals surface area (Å²) in [6.07, 6.45) is 3.54. The Morgan fingerprint density at radius 1 is 1.32 bits per heavy atom. The Bertz CT molecular complexity index is 597. The zero-order valence-electron chi connectivity index (χ0n) is 13.2. The van der Waals surface area contributed by atoms with Gasteiger partial charge < -0.3 is 9.50 Å². The number of benzene rings is 1. The first kappa shape index (κ1) is 15.9. The fourth-order valence-electron chi connectivity index (χ4n) is 3.16. The normalized spacial score (nSPS) is 20.6. The van der Waals surface area contributed by atoms with Crippen LogP contribution in [0.25, 0.3) is 0 Å². The van der Waals surface area contributed by atoms with Gasteiger partial charge in [-0.25, -0.2) is 0 Å². The second-order valence-corrected chi connectivity index (χ2v) is 7.79. The minimum absolute atomic E-state index is 0.496. The molecule has 1 aliphatic rings. The number of nitrogens with one attached hydrogen (secondary N) is 1. The summed E-state index contributed by atoms with van der Waals surface area (Å²) in [5.41, 5.74) is 2.85. The molecule has 1 aromatic heterocycles. The quantitative estimate of drug-likeness (QED) is 0.729. The number of thiophene rings is 1. The summed E-state index contributed by atoms with van der Waals surface area (Å²) in [6, 6.07) is 11.2. The minimum Gasteiger partial charge on any atom is -0.420 e. The van der Waals surface area contributed by atoms with E-state index in [1.165, 1.54) is 40.2 Å². The van der Waals surface area contributed by atoms with Gasteiger partial charge in [-0.3, -0.25) is 0 Å². The van der Waals surface area contributed by atoms with Crippen LogP contribution in [-0.2, 0) is 6.42 Å². The van der Waals surface area contributed by atoms with Gasteiger partial charge in [0.25, 0.3) is 0 Å². The molecule has 2 atom stereocenters. The average Bonchev–Trinajstić information content (AvgIpc) is 3.05. The van der Waals surface area contributed by atoms with E-state index in [4.69, 9.17) is 4.18 Å². The molecule has 1 N–H and O–H groups in total. The van der Waals surface area contributed by atoms with Gasteiger partial charge >= 0.3 is 0 Å². The fraction of sp³-hybridized carbons (Fsp3) is 0.444. The molecule has 0 saturated carbocycles. The van der Waals surface area contributed by atoms with Crippen LogP contribution in [0.15, 0.2) is 39.9 Å². The summed E-state index contributed by atoms with van der Waals surface area (Å²) in [5, 5.41) is 5.78. The van der Waals surface area contributed by atoms with Crippen molar-refractivity contribution in [2.24, 2.45) is 0 Å². The van der Waals surface area contributed by atoms with E-state index in [1.807, 2.05) is 0 Å². The summed E-state index contributed by atoms with van der Waals surface area (Å²) in [6.45, 7) is 5.64. The SMILES string of the molecule is CCCNC1CCc2cccc(OSc3cccs3)c2C1C. The lowest BCUT2D eigenvalue weighted by atomic mass is 9.79. The van der Waals surface area contributed by atoms with E-state index in [0.29, 0.717) is 12.0 Å². The predicted octanol–water partition coefficient (Wildman–Crippen LogP) is 5.25. The molecule has 0 spiro atoms. The number of hydrogen-bond donors (Lipinski definition) is 1. The summed E-state index contributed by atoms with van der Waals surface area (Å²) in [7, 11) is 0. The van der Waals surface area contributed by atoms with Crippen molar-refractivity contribution in [3.8, 4) is 5.75 Å². The van der Waals surface area contributed by atoms with Gasteiger partial charge in [-0.05, 0) is 48.9 Å². The lowest BCUT2D eigenvalue weighted by Crippen LogP contribution is -2.37. The standard InChI is InChI=1S/C18H23NOS2/c1-3-11-19-15-10-9-14-6-4-7-16(18(14)13(15)2)20-22-17-8-5-12-21-17/h4-8,12-13,15,19H,3,9-11H2,1-2H3. The molecule has 2 aromatic rings. The molecule has 0 saturated heterocycles. The first-order valence-corrected chi connectivity index (χ1v) is 9.65. The topological polar surface area (TPSA) is 21.3 Å². The summed E-state index contributed by atoms with van der Waals surface area (Å²) < 4.78 is 7.27. The van der Waals surface area contributed by atoms with Crippen LogP contribution in [0.4, 0.5) is 0 Å². The highest BCUT2D eigenvalue weighted by Crippen LogP contribution is 2.40. The van der Waals surface area contributed by atoms with Crippen molar-refractivity contribution in [3.63, 3.8) is 0 Å². The Kier molecular flexibility index (Phi) is 5.45. The van der Waals surface area contributed by atoms with Crippen LogP contribution in [0, 0.1) is 0 Å². The molecule has 0 radical (unpaired) electrons. The second-order valence-electron chi connectivity index (χ2n) is 5.82. The maximum absolute atomic E-state index is 6.07. The molecule has 1 aliphatic carbocycles. The Balaban J connectivity index is 1.78. The molecule has 0 bridgehead atoms. The smallest absolute Gasteiger partial charge is 0.141 e. The van der Waals surface area contributed by atoms with E-state index in [0.717, 1.165) is 18.7 Å². The van der Waals surface area contributed by atoms with Gasteiger partial charge in [0.05, 0.1) is 0 Å². The molecule has 3 rings (SSSR count). The van der Waals surface area contributed by atoms with Gasteiger partial charge in [0.1, 0.15) is 22.0 Å².